The molecular formula is C15H20Br2N2O2. The molecule has 1 amide bonds. The van der Waals surface area contributed by atoms with Crippen LogP contribution in [0.2, 0.25) is 0 Å². The van der Waals surface area contributed by atoms with Crippen molar-refractivity contribution in [2.45, 2.75) is 38.3 Å². The molecule has 1 aromatic rings. The van der Waals surface area contributed by atoms with Crippen molar-refractivity contribution in [3.63, 3.8) is 0 Å². The van der Waals surface area contributed by atoms with E-state index in [9.17, 15) is 4.79 Å². The number of benzene rings is 1. The molecule has 0 aliphatic heterocycles. The fraction of sp³-hybridized carbons (Fsp3) is 0.533. The molecule has 0 unspecified atom stereocenters. The van der Waals surface area contributed by atoms with Crippen LogP contribution in [0, 0.1) is 0 Å². The highest BCUT2D eigenvalue weighted by atomic mass is 79.9. The highest BCUT2D eigenvalue weighted by Gasteiger charge is 2.18. The average Bonchev–Trinajstić information content (AvgIpc) is 2.91. The van der Waals surface area contributed by atoms with Crippen molar-refractivity contribution in [1.82, 2.24) is 10.6 Å². The highest BCUT2D eigenvalue weighted by molar-refractivity contribution is 9.11. The van der Waals surface area contributed by atoms with Gasteiger partial charge in [0.1, 0.15) is 5.75 Å². The van der Waals surface area contributed by atoms with Gasteiger partial charge in [-0.2, -0.15) is 0 Å². The number of amides is 1. The van der Waals surface area contributed by atoms with Gasteiger partial charge < -0.3 is 15.4 Å². The van der Waals surface area contributed by atoms with Crippen LogP contribution < -0.4 is 15.4 Å². The maximum Gasteiger partial charge on any atom is 0.258 e. The largest absolute Gasteiger partial charge is 0.481 e. The van der Waals surface area contributed by atoms with E-state index in [1.165, 1.54) is 12.8 Å². The molecule has 1 saturated carbocycles. The Balaban J connectivity index is 1.91. The summed E-state index contributed by atoms with van der Waals surface area (Å²) in [6.45, 7) is 0.818. The third-order valence-corrected chi connectivity index (χ3v) is 4.68. The summed E-state index contributed by atoms with van der Waals surface area (Å²) < 4.78 is 7.33. The third-order valence-electron chi connectivity index (χ3n) is 3.51. The molecule has 2 rings (SSSR count). The monoisotopic (exact) mass is 418 g/mol. The number of carbonyl (C=O) groups excluding carboxylic acids is 1. The Bertz CT molecular complexity index is 479. The van der Waals surface area contributed by atoms with Crippen molar-refractivity contribution in [3.8, 4) is 5.75 Å². The molecule has 1 aliphatic carbocycles. The van der Waals surface area contributed by atoms with Crippen LogP contribution in [0.25, 0.3) is 0 Å². The van der Waals surface area contributed by atoms with Gasteiger partial charge in [-0.15, -0.1) is 0 Å². The fourth-order valence-electron chi connectivity index (χ4n) is 2.53. The second-order valence-corrected chi connectivity index (χ2v) is 6.97. The van der Waals surface area contributed by atoms with Crippen LogP contribution in [0.15, 0.2) is 21.1 Å². The van der Waals surface area contributed by atoms with Gasteiger partial charge in [-0.1, -0.05) is 12.8 Å². The minimum Gasteiger partial charge on any atom is -0.481 e. The van der Waals surface area contributed by atoms with Crippen molar-refractivity contribution < 1.29 is 9.53 Å². The number of carbonyl (C=O) groups is 1. The van der Waals surface area contributed by atoms with E-state index in [4.69, 9.17) is 4.74 Å². The fourth-order valence-corrected chi connectivity index (χ4v) is 4.04. The summed E-state index contributed by atoms with van der Waals surface area (Å²) in [5.74, 6) is 0.608. The topological polar surface area (TPSA) is 50.4 Å². The predicted octanol–water partition coefficient (Wildman–Crippen LogP) is 3.37. The SMILES string of the molecule is CNCc1cc(Br)c(OCC(=O)NC2CCCC2)c(Br)c1. The Labute approximate surface area is 142 Å². The highest BCUT2D eigenvalue weighted by Crippen LogP contribution is 2.34. The number of rotatable bonds is 6. The zero-order valence-electron chi connectivity index (χ0n) is 12.0. The molecule has 0 aromatic heterocycles. The van der Waals surface area contributed by atoms with E-state index in [1.807, 2.05) is 19.2 Å². The molecule has 6 heteroatoms. The molecular weight excluding hydrogens is 400 g/mol. The van der Waals surface area contributed by atoms with E-state index < -0.39 is 0 Å². The smallest absolute Gasteiger partial charge is 0.258 e. The third kappa shape index (κ3) is 4.97. The number of nitrogens with one attached hydrogen (secondary N) is 2. The second kappa shape index (κ2) is 8.15. The van der Waals surface area contributed by atoms with Gasteiger partial charge in [0.15, 0.2) is 6.61 Å². The van der Waals surface area contributed by atoms with Crippen molar-refractivity contribution >= 4 is 37.8 Å². The quantitative estimate of drug-likeness (QED) is 0.743. The Morgan fingerprint density at radius 2 is 1.90 bits per heavy atom. The molecule has 116 valence electrons. The summed E-state index contributed by atoms with van der Waals surface area (Å²) in [4.78, 5) is 11.9. The maximum absolute atomic E-state index is 11.9. The lowest BCUT2D eigenvalue weighted by molar-refractivity contribution is -0.123. The van der Waals surface area contributed by atoms with Crippen LogP contribution in [-0.2, 0) is 11.3 Å². The minimum absolute atomic E-state index is 0.0407. The predicted molar refractivity (Wildman–Crippen MR) is 90.5 cm³/mol. The molecule has 2 N–H and O–H groups in total. The van der Waals surface area contributed by atoms with Gasteiger partial charge in [0, 0.05) is 12.6 Å². The Morgan fingerprint density at radius 3 is 2.48 bits per heavy atom. The van der Waals surface area contributed by atoms with Crippen LogP contribution in [0.4, 0.5) is 0 Å². The Hall–Kier alpha value is -0.590. The molecule has 1 fully saturated rings. The van der Waals surface area contributed by atoms with E-state index in [2.05, 4.69) is 42.5 Å². The molecule has 0 bridgehead atoms. The van der Waals surface area contributed by atoms with Gasteiger partial charge in [0.05, 0.1) is 8.95 Å². The number of hydrogen-bond acceptors (Lipinski definition) is 3. The number of hydrogen-bond donors (Lipinski definition) is 2. The van der Waals surface area contributed by atoms with Gasteiger partial charge in [-0.25, -0.2) is 0 Å². The maximum atomic E-state index is 11.9. The van der Waals surface area contributed by atoms with E-state index in [-0.39, 0.29) is 12.5 Å². The normalized spacial score (nSPS) is 15.2. The van der Waals surface area contributed by atoms with Crippen LogP contribution in [0.1, 0.15) is 31.2 Å². The first-order valence-corrected chi connectivity index (χ1v) is 8.73. The summed E-state index contributed by atoms with van der Waals surface area (Å²) in [6, 6.07) is 4.31. The first-order chi connectivity index (χ1) is 10.1. The van der Waals surface area contributed by atoms with Gasteiger partial charge in [-0.3, -0.25) is 4.79 Å². The zero-order chi connectivity index (χ0) is 15.2. The Kier molecular flexibility index (Phi) is 6.51. The Morgan fingerprint density at radius 1 is 1.29 bits per heavy atom. The summed E-state index contributed by atoms with van der Waals surface area (Å²) in [6.07, 6.45) is 4.57. The van der Waals surface area contributed by atoms with Crippen LogP contribution >= 0.6 is 31.9 Å². The molecule has 0 saturated heterocycles. The lowest BCUT2D eigenvalue weighted by Gasteiger charge is -2.14. The lowest BCUT2D eigenvalue weighted by Crippen LogP contribution is -2.36. The lowest BCUT2D eigenvalue weighted by atomic mass is 10.2. The van der Waals surface area contributed by atoms with E-state index in [0.717, 1.165) is 33.9 Å². The molecule has 0 atom stereocenters. The molecule has 0 spiro atoms. The molecule has 0 radical (unpaired) electrons. The standard InChI is InChI=1S/C15H20Br2N2O2/c1-18-8-10-6-12(16)15(13(17)7-10)21-9-14(20)19-11-4-2-3-5-11/h6-7,11,18H,2-5,8-9H2,1H3,(H,19,20). The van der Waals surface area contributed by atoms with Crippen molar-refractivity contribution in [2.24, 2.45) is 0 Å². The average molecular weight is 420 g/mol. The van der Waals surface area contributed by atoms with Crippen molar-refractivity contribution in [3.05, 3.63) is 26.6 Å². The van der Waals surface area contributed by atoms with Gasteiger partial charge >= 0.3 is 0 Å². The van der Waals surface area contributed by atoms with E-state index in [0.29, 0.717) is 11.8 Å². The van der Waals surface area contributed by atoms with Crippen LogP contribution in [0.5, 0.6) is 5.75 Å². The first kappa shape index (κ1) is 16.8. The molecule has 1 aliphatic rings. The first-order valence-electron chi connectivity index (χ1n) is 7.15. The molecule has 0 heterocycles. The number of halogens is 2. The van der Waals surface area contributed by atoms with Gasteiger partial charge in [0.25, 0.3) is 5.91 Å². The molecule has 4 nitrogen and oxygen atoms in total. The zero-order valence-corrected chi connectivity index (χ0v) is 15.2. The number of ether oxygens (including phenoxy) is 1. The molecule has 21 heavy (non-hydrogen) atoms. The summed E-state index contributed by atoms with van der Waals surface area (Å²) in [5, 5.41) is 6.12. The molecule has 1 aromatic carbocycles. The van der Waals surface area contributed by atoms with Gasteiger partial charge in [-0.05, 0) is 69.4 Å². The summed E-state index contributed by atoms with van der Waals surface area (Å²) in [7, 11) is 1.90. The van der Waals surface area contributed by atoms with Gasteiger partial charge in [0.2, 0.25) is 0 Å². The van der Waals surface area contributed by atoms with Crippen molar-refractivity contribution in [1.29, 1.82) is 0 Å². The van der Waals surface area contributed by atoms with Crippen LogP contribution in [0.3, 0.4) is 0 Å². The van der Waals surface area contributed by atoms with E-state index >= 15 is 0 Å². The minimum atomic E-state index is -0.0556. The van der Waals surface area contributed by atoms with Crippen molar-refractivity contribution in [2.75, 3.05) is 13.7 Å². The summed E-state index contributed by atoms with van der Waals surface area (Å²) >= 11 is 6.98. The van der Waals surface area contributed by atoms with Crippen LogP contribution in [-0.4, -0.2) is 25.6 Å². The summed E-state index contributed by atoms with van der Waals surface area (Å²) in [5.41, 5.74) is 1.14. The van der Waals surface area contributed by atoms with E-state index in [1.54, 1.807) is 0 Å². The second-order valence-electron chi connectivity index (χ2n) is 5.26.